The molecule has 0 aliphatic carbocycles. The molecule has 7 nitrogen and oxygen atoms in total. The number of nitrogens with one attached hydrogen (secondary N) is 2. The Balaban J connectivity index is 1.57. The van der Waals surface area contributed by atoms with Crippen LogP contribution in [0.1, 0.15) is 12.5 Å². The fourth-order valence-electron chi connectivity index (χ4n) is 2.61. The molecule has 1 aliphatic rings. The van der Waals surface area contributed by atoms with Crippen molar-refractivity contribution >= 4 is 27.8 Å². The van der Waals surface area contributed by atoms with E-state index in [0.717, 1.165) is 27.3 Å². The number of ether oxygens (including phenoxy) is 3. The Morgan fingerprint density at radius 2 is 1.72 bits per heavy atom. The van der Waals surface area contributed by atoms with Gasteiger partial charge in [0.05, 0.1) is 21.3 Å². The highest BCUT2D eigenvalue weighted by Gasteiger charge is 2.17. The number of methoxy groups -OCH3 is 3. The summed E-state index contributed by atoms with van der Waals surface area (Å²) in [6.45, 7) is 2.55. The third-order valence-corrected chi connectivity index (χ3v) is 4.84. The highest BCUT2D eigenvalue weighted by Crippen LogP contribution is 2.38. The van der Waals surface area contributed by atoms with Crippen molar-refractivity contribution in [1.29, 1.82) is 0 Å². The van der Waals surface area contributed by atoms with Gasteiger partial charge in [-0.25, -0.2) is 4.99 Å². The van der Waals surface area contributed by atoms with Crippen LogP contribution in [0.15, 0.2) is 64.3 Å². The van der Waals surface area contributed by atoms with Crippen LogP contribution in [0.2, 0.25) is 0 Å². The molecule has 0 bridgehead atoms. The van der Waals surface area contributed by atoms with Gasteiger partial charge in [0.15, 0.2) is 21.8 Å². The molecule has 1 aliphatic heterocycles. The van der Waals surface area contributed by atoms with E-state index in [1.165, 1.54) is 11.8 Å². The Kier molecular flexibility index (Phi) is 7.02. The number of benzene rings is 2. The van der Waals surface area contributed by atoms with Crippen molar-refractivity contribution < 1.29 is 14.2 Å². The van der Waals surface area contributed by atoms with Crippen LogP contribution in [0.5, 0.6) is 17.2 Å². The predicted octanol–water partition coefficient (Wildman–Crippen LogP) is 4.23. The minimum Gasteiger partial charge on any atom is -0.493 e. The molecule has 0 amide bonds. The van der Waals surface area contributed by atoms with Gasteiger partial charge >= 0.3 is 0 Å². The van der Waals surface area contributed by atoms with E-state index in [0.29, 0.717) is 23.8 Å². The molecule has 0 aromatic heterocycles. The number of aliphatic imine (C=N–C) groups is 2. The van der Waals surface area contributed by atoms with Crippen LogP contribution in [-0.4, -0.2) is 31.7 Å². The number of amidine groups is 2. The molecule has 3 rings (SSSR count). The Morgan fingerprint density at radius 1 is 1.07 bits per heavy atom. The fourth-order valence-corrected chi connectivity index (χ4v) is 3.19. The van der Waals surface area contributed by atoms with Crippen molar-refractivity contribution in [3.63, 3.8) is 0 Å². The van der Waals surface area contributed by atoms with Crippen LogP contribution >= 0.6 is 11.8 Å². The minimum atomic E-state index is 0.581. The van der Waals surface area contributed by atoms with E-state index in [1.54, 1.807) is 27.5 Å². The highest BCUT2D eigenvalue weighted by atomic mass is 32.2. The van der Waals surface area contributed by atoms with Crippen molar-refractivity contribution in [1.82, 2.24) is 5.32 Å². The first-order valence-electron chi connectivity index (χ1n) is 8.99. The Labute approximate surface area is 174 Å². The molecule has 0 spiro atoms. The van der Waals surface area contributed by atoms with Gasteiger partial charge in [-0.2, -0.15) is 4.99 Å². The second kappa shape index (κ2) is 9.88. The maximum Gasteiger partial charge on any atom is 0.203 e. The van der Waals surface area contributed by atoms with Gasteiger partial charge in [-0.05, 0) is 48.5 Å². The Morgan fingerprint density at radius 3 is 2.31 bits per heavy atom. The van der Waals surface area contributed by atoms with Crippen LogP contribution in [0.25, 0.3) is 0 Å². The second-order valence-corrected chi connectivity index (χ2v) is 7.08. The zero-order valence-electron chi connectivity index (χ0n) is 16.9. The van der Waals surface area contributed by atoms with Gasteiger partial charge in [0.1, 0.15) is 0 Å². The summed E-state index contributed by atoms with van der Waals surface area (Å²) in [6.07, 6.45) is 1.77. The van der Waals surface area contributed by atoms with Crippen molar-refractivity contribution in [2.45, 2.75) is 13.5 Å². The van der Waals surface area contributed by atoms with E-state index in [9.17, 15) is 0 Å². The lowest BCUT2D eigenvalue weighted by atomic mass is 10.1. The van der Waals surface area contributed by atoms with E-state index in [4.69, 9.17) is 14.2 Å². The highest BCUT2D eigenvalue weighted by molar-refractivity contribution is 8.29. The number of nitrogens with zero attached hydrogens (tertiary/aromatic N) is 2. The molecule has 0 unspecified atom stereocenters. The topological polar surface area (TPSA) is 76.5 Å². The van der Waals surface area contributed by atoms with Gasteiger partial charge in [-0.1, -0.05) is 18.2 Å². The third kappa shape index (κ3) is 5.45. The summed E-state index contributed by atoms with van der Waals surface area (Å²) in [5.41, 5.74) is 2.94. The van der Waals surface area contributed by atoms with Gasteiger partial charge in [0.2, 0.25) is 5.75 Å². The summed E-state index contributed by atoms with van der Waals surface area (Å²) >= 11 is 1.51. The van der Waals surface area contributed by atoms with Crippen molar-refractivity contribution in [2.75, 3.05) is 26.6 Å². The summed E-state index contributed by atoms with van der Waals surface area (Å²) < 4.78 is 16.1. The molecule has 0 radical (unpaired) electrons. The molecule has 152 valence electrons. The molecule has 2 N–H and O–H groups in total. The lowest BCUT2D eigenvalue weighted by Crippen LogP contribution is -2.19. The molecule has 1 heterocycles. The van der Waals surface area contributed by atoms with Crippen LogP contribution in [0.4, 0.5) is 5.69 Å². The lowest BCUT2D eigenvalue weighted by molar-refractivity contribution is 0.323. The molecule has 2 aromatic rings. The van der Waals surface area contributed by atoms with E-state index < -0.39 is 0 Å². The number of rotatable bonds is 8. The van der Waals surface area contributed by atoms with Crippen molar-refractivity contribution in [3.05, 3.63) is 59.9 Å². The smallest absolute Gasteiger partial charge is 0.203 e. The van der Waals surface area contributed by atoms with E-state index >= 15 is 0 Å². The van der Waals surface area contributed by atoms with E-state index in [2.05, 4.69) is 20.6 Å². The molecule has 0 fully saturated rings. The number of allylic oxidation sites excluding steroid dienone is 1. The zero-order valence-corrected chi connectivity index (χ0v) is 17.7. The van der Waals surface area contributed by atoms with Gasteiger partial charge < -0.3 is 24.8 Å². The number of anilines is 1. The van der Waals surface area contributed by atoms with Crippen LogP contribution < -0.4 is 24.8 Å². The van der Waals surface area contributed by atoms with Crippen molar-refractivity contribution in [2.24, 2.45) is 9.98 Å². The molecular formula is C21H24N4O3S. The van der Waals surface area contributed by atoms with Gasteiger partial charge in [0, 0.05) is 24.1 Å². The maximum atomic E-state index is 5.39. The third-order valence-electron chi connectivity index (χ3n) is 4.07. The monoisotopic (exact) mass is 412 g/mol. The van der Waals surface area contributed by atoms with Crippen LogP contribution in [-0.2, 0) is 6.54 Å². The molecule has 0 saturated carbocycles. The molecule has 0 atom stereocenters. The summed E-state index contributed by atoms with van der Waals surface area (Å²) in [7, 11) is 4.80. The van der Waals surface area contributed by atoms with Gasteiger partial charge in [-0.15, -0.1) is 0 Å². The summed E-state index contributed by atoms with van der Waals surface area (Å²) in [5, 5.41) is 8.12. The molecular weight excluding hydrogens is 388 g/mol. The van der Waals surface area contributed by atoms with Crippen LogP contribution in [0, 0.1) is 0 Å². The average Bonchev–Trinajstić information content (AvgIpc) is 2.73. The first-order chi connectivity index (χ1) is 14.1. The second-order valence-electron chi connectivity index (χ2n) is 6.12. The number of thioether (sulfide) groups is 1. The van der Waals surface area contributed by atoms with E-state index in [-0.39, 0.29) is 0 Å². The lowest BCUT2D eigenvalue weighted by Gasteiger charge is -2.16. The molecule has 8 heteroatoms. The minimum absolute atomic E-state index is 0.581. The summed E-state index contributed by atoms with van der Waals surface area (Å²) in [4.78, 5) is 8.76. The SMILES string of the molecule is COc1cc(CN/C(C)=C\N=C2N=C(Nc3ccccc3)S2)cc(OC)c1OC. The van der Waals surface area contributed by atoms with Crippen molar-refractivity contribution in [3.8, 4) is 17.2 Å². The fraction of sp³-hybridized carbons (Fsp3) is 0.238. The predicted molar refractivity (Wildman–Crippen MR) is 119 cm³/mol. The summed E-state index contributed by atoms with van der Waals surface area (Å²) in [5.74, 6) is 1.84. The van der Waals surface area contributed by atoms with E-state index in [1.807, 2.05) is 49.4 Å². The number of hydrogen-bond donors (Lipinski definition) is 2. The Hall–Kier alpha value is -3.13. The standard InChI is InChI=1S/C21H24N4O3S/c1-14(12-23-20-25-21(29-20)24-16-8-6-5-7-9-16)22-13-15-10-17(26-2)19(28-4)18(11-15)27-3/h5-12,22H,13H2,1-4H3,(H,23,24,25)/b14-12-. The number of para-hydroxylation sites is 1. The normalized spacial score (nSPS) is 14.7. The maximum absolute atomic E-state index is 5.39. The molecule has 29 heavy (non-hydrogen) atoms. The average molecular weight is 413 g/mol. The first kappa shape index (κ1) is 20.6. The van der Waals surface area contributed by atoms with Gasteiger partial charge in [-0.3, -0.25) is 0 Å². The van der Waals surface area contributed by atoms with Crippen LogP contribution in [0.3, 0.4) is 0 Å². The van der Waals surface area contributed by atoms with Gasteiger partial charge in [0.25, 0.3) is 0 Å². The molecule has 0 saturated heterocycles. The zero-order chi connectivity index (χ0) is 20.6. The molecule has 2 aromatic carbocycles. The quantitative estimate of drug-likeness (QED) is 0.676. The number of hydrogen-bond acceptors (Lipinski definition) is 7. The summed E-state index contributed by atoms with van der Waals surface area (Å²) in [6, 6.07) is 13.8. The largest absolute Gasteiger partial charge is 0.493 e. The Bertz CT molecular complexity index is 917. The first-order valence-corrected chi connectivity index (χ1v) is 9.80.